The molecule has 14 rings (SSSR count). The van der Waals surface area contributed by atoms with Gasteiger partial charge >= 0.3 is 20.1 Å². The number of nitrogens with zero attached hydrogens (tertiary/aromatic N) is 4. The zero-order chi connectivity index (χ0) is 58.0. The number of pyridine rings is 4. The summed E-state index contributed by atoms with van der Waals surface area (Å²) in [4.78, 5) is 18.0. The van der Waals surface area contributed by atoms with Crippen LogP contribution in [0.4, 0.5) is 0 Å². The second-order valence-electron chi connectivity index (χ2n) is 21.2. The van der Waals surface area contributed by atoms with Crippen molar-refractivity contribution in [2.75, 3.05) is 0 Å². The molecule has 4 nitrogen and oxygen atoms in total. The molecule has 1 radical (unpaired) electrons. The first-order valence-corrected chi connectivity index (χ1v) is 28.8. The first-order valence-electron chi connectivity index (χ1n) is 28.8. The molecule has 423 valence electrons. The summed E-state index contributed by atoms with van der Waals surface area (Å²) < 4.78 is 0. The second-order valence-corrected chi connectivity index (χ2v) is 21.2. The van der Waals surface area contributed by atoms with Gasteiger partial charge in [0.1, 0.15) is 0 Å². The number of hydrogen-bond acceptors (Lipinski definition) is 4. The summed E-state index contributed by atoms with van der Waals surface area (Å²) >= 11 is 0. The van der Waals surface area contributed by atoms with E-state index < -0.39 is 0 Å². The van der Waals surface area contributed by atoms with Gasteiger partial charge in [-0.1, -0.05) is 219 Å². The number of aromatic nitrogens is 4. The molecule has 0 atom stereocenters. The maximum Gasteiger partial charge on any atom is 3.00 e. The molecule has 88 heavy (non-hydrogen) atoms. The maximum atomic E-state index is 4.55. The summed E-state index contributed by atoms with van der Waals surface area (Å²) in [7, 11) is 0. The number of hydrogen-bond donors (Lipinski definition) is 0. The van der Waals surface area contributed by atoms with E-state index in [-0.39, 0.29) is 40.2 Å². The fourth-order valence-corrected chi connectivity index (χ4v) is 11.3. The van der Waals surface area contributed by atoms with Gasteiger partial charge in [0.05, 0.1) is 0 Å². The summed E-state index contributed by atoms with van der Waals surface area (Å²) in [6, 6.07) is 111. The van der Waals surface area contributed by atoms with E-state index in [2.05, 4.69) is 264 Å². The van der Waals surface area contributed by atoms with Gasteiger partial charge in [0.2, 0.25) is 0 Å². The molecule has 10 aromatic carbocycles. The normalized spacial score (nSPS) is 10.7. The zero-order valence-corrected chi connectivity index (χ0v) is 53.1. The van der Waals surface area contributed by atoms with E-state index in [1.54, 1.807) is 0 Å². The average molecular weight is 1480 g/mol. The van der Waals surface area contributed by atoms with Crippen LogP contribution in [-0.4, -0.2) is 19.9 Å². The van der Waals surface area contributed by atoms with Gasteiger partial charge in [0, 0.05) is 44.9 Å². The van der Waals surface area contributed by atoms with E-state index >= 15 is 0 Å². The fraction of sp³-hybridized carbons (Fsp3) is 0.0244. The van der Waals surface area contributed by atoms with Crippen LogP contribution in [0.3, 0.4) is 0 Å². The molecule has 0 fully saturated rings. The van der Waals surface area contributed by atoms with Crippen molar-refractivity contribution in [3.8, 4) is 134 Å². The van der Waals surface area contributed by atoms with Gasteiger partial charge in [0.25, 0.3) is 0 Å². The standard InChI is InChI=1S/C57H36N3.C25H20N.2Ir/c1-4-16-52(49(13-1)40-22-28-43(29-23-40)55-19-7-10-34-58-55)46-37-47(53-17-5-2-14-50(53)41-24-30-44(31-25-41)56-20-8-11-35-59-56)39-48(38-46)54-18-6-3-15-51(54)42-26-32-45(33-27-42)57-21-9-12-36-60-57;1-18-15-19(2)17-22(16-18)24-8-4-3-7-23(24)20-10-12-21(13-11-20)25-9-5-6-14-26-25;;/h1-28,30,32,34-39H;3-12,14-17H,1-2H3;;/q-3;-1;;+3. The molecule has 0 N–H and O–H groups in total. The molecular formula is C82H56Ir2N4-. The van der Waals surface area contributed by atoms with E-state index in [0.29, 0.717) is 0 Å². The average Bonchev–Trinajstić information content (AvgIpc) is 1.63. The van der Waals surface area contributed by atoms with Crippen LogP contribution in [0.1, 0.15) is 11.1 Å². The zero-order valence-electron chi connectivity index (χ0n) is 48.3. The third-order valence-corrected chi connectivity index (χ3v) is 15.4. The van der Waals surface area contributed by atoms with Crippen LogP contribution in [0.2, 0.25) is 0 Å². The molecule has 0 unspecified atom stereocenters. The van der Waals surface area contributed by atoms with Gasteiger partial charge in [-0.05, 0) is 124 Å². The van der Waals surface area contributed by atoms with E-state index in [1.807, 2.05) is 97.6 Å². The van der Waals surface area contributed by atoms with Gasteiger partial charge in [0.15, 0.2) is 0 Å². The summed E-state index contributed by atoms with van der Waals surface area (Å²) in [6.07, 6.45) is 7.27. The smallest absolute Gasteiger partial charge is 0.305 e. The number of benzene rings is 10. The van der Waals surface area contributed by atoms with E-state index in [9.17, 15) is 0 Å². The molecule has 4 heterocycles. The SMILES string of the molecule is Cc1cc(C)cc(-c2ccccc2-c2c[c-]c(-c3ccccn3)cc2)c1.[Ir+3].[Ir].[c-]1cc(-c2ccccc2-c2cc(-c3ccccc3-c3c[c-]c(-c4ccccn4)cc3)cc(-c3ccccc3-c3c[c-]c(-c4ccccn4)cc3)c2)ccc1-c1ccccn1. The summed E-state index contributed by atoms with van der Waals surface area (Å²) in [5.74, 6) is 0. The molecule has 0 aliphatic carbocycles. The van der Waals surface area contributed by atoms with Crippen molar-refractivity contribution in [1.29, 1.82) is 0 Å². The topological polar surface area (TPSA) is 51.6 Å². The molecule has 0 spiro atoms. The van der Waals surface area contributed by atoms with Crippen LogP contribution in [0.5, 0.6) is 0 Å². The Kier molecular flexibility index (Phi) is 19.1. The van der Waals surface area contributed by atoms with Crippen LogP contribution >= 0.6 is 0 Å². The van der Waals surface area contributed by atoms with Crippen molar-refractivity contribution in [3.63, 3.8) is 0 Å². The minimum atomic E-state index is 0. The molecule has 0 saturated carbocycles. The summed E-state index contributed by atoms with van der Waals surface area (Å²) in [5.41, 5.74) is 28.4. The van der Waals surface area contributed by atoms with Gasteiger partial charge in [-0.3, -0.25) is 0 Å². The molecule has 0 aliphatic heterocycles. The molecule has 0 saturated heterocycles. The van der Waals surface area contributed by atoms with Crippen molar-refractivity contribution >= 4 is 0 Å². The Labute approximate surface area is 543 Å². The van der Waals surface area contributed by atoms with Crippen LogP contribution < -0.4 is 0 Å². The minimum absolute atomic E-state index is 0. The molecular weight excluding hydrogens is 1430 g/mol. The van der Waals surface area contributed by atoms with Gasteiger partial charge in [-0.2, -0.15) is 0 Å². The first kappa shape index (κ1) is 59.8. The van der Waals surface area contributed by atoms with E-state index in [0.717, 1.165) is 112 Å². The number of rotatable bonds is 12. The minimum Gasteiger partial charge on any atom is -0.305 e. The Hall–Kier alpha value is -9.90. The van der Waals surface area contributed by atoms with Gasteiger partial charge in [-0.25, -0.2) is 0 Å². The number of aryl methyl sites for hydroxylation is 2. The van der Waals surface area contributed by atoms with Crippen LogP contribution in [0.25, 0.3) is 134 Å². The van der Waals surface area contributed by atoms with Crippen LogP contribution in [-0.2, 0) is 40.2 Å². The largest absolute Gasteiger partial charge is 3.00 e. The predicted octanol–water partition coefficient (Wildman–Crippen LogP) is 20.8. The summed E-state index contributed by atoms with van der Waals surface area (Å²) in [6.45, 7) is 4.29. The maximum absolute atomic E-state index is 4.55. The quantitative estimate of drug-likeness (QED) is 0.114. The monoisotopic (exact) mass is 1480 g/mol. The van der Waals surface area contributed by atoms with Crippen LogP contribution in [0, 0.1) is 38.1 Å². The third kappa shape index (κ3) is 13.5. The van der Waals surface area contributed by atoms with Crippen molar-refractivity contribution in [2.24, 2.45) is 0 Å². The predicted molar refractivity (Wildman–Crippen MR) is 354 cm³/mol. The molecule has 0 amide bonds. The molecule has 0 bridgehead atoms. The Morgan fingerprint density at radius 2 is 0.443 bits per heavy atom. The summed E-state index contributed by atoms with van der Waals surface area (Å²) in [5, 5.41) is 0. The molecule has 6 heteroatoms. The van der Waals surface area contributed by atoms with Crippen molar-refractivity contribution in [3.05, 3.63) is 339 Å². The second kappa shape index (κ2) is 28.1. The van der Waals surface area contributed by atoms with Crippen molar-refractivity contribution < 1.29 is 40.2 Å². The Morgan fingerprint density at radius 3 is 0.648 bits per heavy atom. The van der Waals surface area contributed by atoms with Crippen LogP contribution in [0.15, 0.2) is 304 Å². The third-order valence-electron chi connectivity index (χ3n) is 15.4. The van der Waals surface area contributed by atoms with Crippen molar-refractivity contribution in [1.82, 2.24) is 19.9 Å². The Balaban J connectivity index is 0.000000239. The van der Waals surface area contributed by atoms with Gasteiger partial charge in [-0.15, -0.1) is 119 Å². The van der Waals surface area contributed by atoms with E-state index in [4.69, 9.17) is 0 Å². The molecule has 0 aliphatic rings. The molecule has 14 aromatic rings. The van der Waals surface area contributed by atoms with Crippen molar-refractivity contribution in [2.45, 2.75) is 13.8 Å². The Morgan fingerprint density at radius 1 is 0.227 bits per heavy atom. The van der Waals surface area contributed by atoms with Gasteiger partial charge < -0.3 is 19.9 Å². The fourth-order valence-electron chi connectivity index (χ4n) is 11.3. The first-order chi connectivity index (χ1) is 42.5. The van der Waals surface area contributed by atoms with E-state index in [1.165, 1.54) is 33.4 Å². The Bertz CT molecular complexity index is 4230. The molecule has 4 aromatic heterocycles.